The van der Waals surface area contributed by atoms with Crippen molar-refractivity contribution in [1.82, 2.24) is 24.7 Å². The molecule has 3 heterocycles. The van der Waals surface area contributed by atoms with Crippen LogP contribution in [0.5, 0.6) is 0 Å². The molecule has 3 aromatic rings. The van der Waals surface area contributed by atoms with E-state index >= 15 is 0 Å². The molecule has 0 bridgehead atoms. The average molecular weight is 533 g/mol. The molecule has 0 spiro atoms. The van der Waals surface area contributed by atoms with E-state index in [0.29, 0.717) is 39.1 Å². The van der Waals surface area contributed by atoms with Gasteiger partial charge in [-0.2, -0.15) is 0 Å². The second-order valence-electron chi connectivity index (χ2n) is 10.2. The number of nitrogens with one attached hydrogen (secondary N) is 1. The number of imidazole rings is 1. The number of carbonyl (C=O) groups excluding carboxylic acids is 3. The van der Waals surface area contributed by atoms with Gasteiger partial charge in [0.2, 0.25) is 5.91 Å². The van der Waals surface area contributed by atoms with E-state index in [0.717, 1.165) is 11.3 Å². The molecule has 2 aromatic carbocycles. The monoisotopic (exact) mass is 532 g/mol. The zero-order valence-electron chi connectivity index (χ0n) is 22.3. The summed E-state index contributed by atoms with van der Waals surface area (Å²) in [5, 5.41) is 2.90. The first-order chi connectivity index (χ1) is 18.8. The van der Waals surface area contributed by atoms with Crippen LogP contribution in [0.25, 0.3) is 0 Å². The molecule has 204 valence electrons. The van der Waals surface area contributed by atoms with Crippen LogP contribution in [0.2, 0.25) is 0 Å². The second kappa shape index (κ2) is 10.9. The number of nitrogens with zero attached hydrogens (tertiary/aromatic N) is 5. The number of rotatable bonds is 7. The van der Waals surface area contributed by atoms with E-state index in [1.54, 1.807) is 33.4 Å². The molecule has 39 heavy (non-hydrogen) atoms. The first kappa shape index (κ1) is 26.4. The lowest BCUT2D eigenvalue weighted by Gasteiger charge is -2.44. The van der Waals surface area contributed by atoms with Crippen molar-refractivity contribution in [3.05, 3.63) is 83.7 Å². The van der Waals surface area contributed by atoms with Gasteiger partial charge in [0.05, 0.1) is 12.9 Å². The van der Waals surface area contributed by atoms with Crippen LogP contribution < -0.4 is 10.2 Å². The van der Waals surface area contributed by atoms with E-state index < -0.39 is 5.54 Å². The molecule has 0 saturated carbocycles. The number of halogens is 1. The van der Waals surface area contributed by atoms with Gasteiger partial charge in [-0.05, 0) is 43.2 Å². The molecule has 2 aliphatic heterocycles. The second-order valence-corrected chi connectivity index (χ2v) is 10.2. The van der Waals surface area contributed by atoms with Gasteiger partial charge in [0.25, 0.3) is 11.8 Å². The van der Waals surface area contributed by atoms with Gasteiger partial charge >= 0.3 is 0 Å². The minimum atomic E-state index is -1.18. The van der Waals surface area contributed by atoms with Crippen molar-refractivity contribution in [1.29, 1.82) is 0 Å². The van der Waals surface area contributed by atoms with Crippen molar-refractivity contribution >= 4 is 23.4 Å². The number of amides is 3. The number of para-hydroxylation sites is 1. The highest BCUT2D eigenvalue weighted by atomic mass is 19.1. The zero-order valence-corrected chi connectivity index (χ0v) is 22.3. The lowest BCUT2D eigenvalue weighted by Crippen LogP contribution is -2.64. The third-order valence-corrected chi connectivity index (χ3v) is 7.55. The average Bonchev–Trinajstić information content (AvgIpc) is 3.38. The zero-order chi connectivity index (χ0) is 27.6. The fourth-order valence-corrected chi connectivity index (χ4v) is 5.35. The van der Waals surface area contributed by atoms with E-state index in [1.165, 1.54) is 18.5 Å². The maximum absolute atomic E-state index is 13.8. The molecule has 1 fully saturated rings. The predicted octanol–water partition coefficient (Wildman–Crippen LogP) is 2.93. The molecular weight excluding hydrogens is 499 g/mol. The Kier molecular flexibility index (Phi) is 7.36. The van der Waals surface area contributed by atoms with E-state index in [2.05, 4.69) is 27.3 Å². The molecule has 0 unspecified atom stereocenters. The summed E-state index contributed by atoms with van der Waals surface area (Å²) in [5.41, 5.74) is 1.04. The van der Waals surface area contributed by atoms with Crippen LogP contribution >= 0.6 is 0 Å². The summed E-state index contributed by atoms with van der Waals surface area (Å²) >= 11 is 0. The highest BCUT2D eigenvalue weighted by molar-refractivity contribution is 6.07. The molecule has 2 aliphatic rings. The van der Waals surface area contributed by atoms with Crippen molar-refractivity contribution in [2.24, 2.45) is 0 Å². The molecule has 9 nitrogen and oxygen atoms in total. The number of piperazine rings is 1. The Labute approximate surface area is 227 Å². The molecule has 0 aliphatic carbocycles. The van der Waals surface area contributed by atoms with Gasteiger partial charge in [0.15, 0.2) is 5.69 Å². The molecule has 1 aromatic heterocycles. The van der Waals surface area contributed by atoms with Crippen LogP contribution in [-0.4, -0.2) is 75.3 Å². The van der Waals surface area contributed by atoms with Gasteiger partial charge in [-0.15, -0.1) is 0 Å². The summed E-state index contributed by atoms with van der Waals surface area (Å²) in [5.74, 6) is -1.32. The van der Waals surface area contributed by atoms with Crippen LogP contribution in [0.3, 0.4) is 0 Å². The quantitative estimate of drug-likeness (QED) is 0.506. The number of benzene rings is 2. The number of aromatic nitrogens is 2. The highest BCUT2D eigenvalue weighted by Crippen LogP contribution is 2.30. The van der Waals surface area contributed by atoms with Gasteiger partial charge in [0.1, 0.15) is 17.1 Å². The Balaban J connectivity index is 1.32. The van der Waals surface area contributed by atoms with Gasteiger partial charge in [-0.1, -0.05) is 37.3 Å². The highest BCUT2D eigenvalue weighted by Gasteiger charge is 2.48. The van der Waals surface area contributed by atoms with E-state index in [9.17, 15) is 18.8 Å². The first-order valence-electron chi connectivity index (χ1n) is 13.3. The van der Waals surface area contributed by atoms with Crippen LogP contribution in [0, 0.1) is 5.82 Å². The summed E-state index contributed by atoms with van der Waals surface area (Å²) in [4.78, 5) is 50.7. The molecule has 5 rings (SSSR count). The van der Waals surface area contributed by atoms with E-state index in [-0.39, 0.29) is 48.0 Å². The lowest BCUT2D eigenvalue weighted by molar-refractivity contribution is -0.133. The van der Waals surface area contributed by atoms with E-state index in [1.807, 2.05) is 25.1 Å². The summed E-state index contributed by atoms with van der Waals surface area (Å²) in [6.45, 7) is 6.83. The van der Waals surface area contributed by atoms with Gasteiger partial charge in [0, 0.05) is 45.0 Å². The van der Waals surface area contributed by atoms with E-state index in [4.69, 9.17) is 0 Å². The van der Waals surface area contributed by atoms with Gasteiger partial charge in [-0.25, -0.2) is 9.37 Å². The Morgan fingerprint density at radius 3 is 2.38 bits per heavy atom. The number of fused-ring (bicyclic) bond motifs is 1. The normalized spacial score (nSPS) is 19.2. The van der Waals surface area contributed by atoms with Crippen LogP contribution in [-0.2, 0) is 17.9 Å². The summed E-state index contributed by atoms with van der Waals surface area (Å²) in [7, 11) is 0. The fraction of sp³-hybridized carbons (Fsp3) is 0.379. The lowest BCUT2D eigenvalue weighted by atomic mass is 9.93. The predicted molar refractivity (Wildman–Crippen MR) is 145 cm³/mol. The van der Waals surface area contributed by atoms with Crippen molar-refractivity contribution in [2.45, 2.75) is 38.9 Å². The van der Waals surface area contributed by atoms with Crippen LogP contribution in [0.15, 0.2) is 60.9 Å². The first-order valence-corrected chi connectivity index (χ1v) is 13.3. The Bertz CT molecular complexity index is 1350. The standard InChI is InChI=1S/C29H33FN6O3/c1-3-13-36-27(38)25-24(26(37)34-16-14-33(15-17-34)23-7-5-4-6-8-23)32-20-35(25)19-29(36,2)28(39)31-18-21-9-11-22(30)12-10-21/h4-12,20H,3,13-19H2,1-2H3,(H,31,39)/t29-/m1/s1. The molecule has 1 saturated heterocycles. The minimum Gasteiger partial charge on any atom is -0.368 e. The van der Waals surface area contributed by atoms with Crippen molar-refractivity contribution in [2.75, 3.05) is 37.6 Å². The third-order valence-electron chi connectivity index (χ3n) is 7.55. The number of hydrogen-bond acceptors (Lipinski definition) is 5. The maximum Gasteiger partial charge on any atom is 0.275 e. The Hall–Kier alpha value is -4.21. The molecule has 0 radical (unpaired) electrons. The van der Waals surface area contributed by atoms with Crippen LogP contribution in [0.4, 0.5) is 10.1 Å². The molecule has 3 amide bonds. The topological polar surface area (TPSA) is 90.8 Å². The summed E-state index contributed by atoms with van der Waals surface area (Å²) < 4.78 is 14.9. The maximum atomic E-state index is 13.8. The van der Waals surface area contributed by atoms with Crippen LogP contribution in [0.1, 0.15) is 46.8 Å². The SMILES string of the molecule is CCCN1C(=O)c2c(C(=O)N3CCN(c4ccccc4)CC3)ncn2C[C@]1(C)C(=O)NCc1ccc(F)cc1. The Morgan fingerprint density at radius 1 is 1.03 bits per heavy atom. The summed E-state index contributed by atoms with van der Waals surface area (Å²) in [6.07, 6.45) is 2.13. The number of hydrogen-bond donors (Lipinski definition) is 1. The molecule has 1 N–H and O–H groups in total. The largest absolute Gasteiger partial charge is 0.368 e. The van der Waals surface area contributed by atoms with Crippen molar-refractivity contribution in [3.63, 3.8) is 0 Å². The molecular formula is C29H33FN6O3. The summed E-state index contributed by atoms with van der Waals surface area (Å²) in [6, 6.07) is 16.0. The molecule has 10 heteroatoms. The minimum absolute atomic E-state index is 0.128. The third kappa shape index (κ3) is 5.10. The van der Waals surface area contributed by atoms with Crippen molar-refractivity contribution in [3.8, 4) is 0 Å². The van der Waals surface area contributed by atoms with Gasteiger partial charge in [-0.3, -0.25) is 14.4 Å². The smallest absolute Gasteiger partial charge is 0.275 e. The number of anilines is 1. The number of carbonyl (C=O) groups is 3. The Morgan fingerprint density at radius 2 is 1.72 bits per heavy atom. The fourth-order valence-electron chi connectivity index (χ4n) is 5.35. The molecule has 1 atom stereocenters. The van der Waals surface area contributed by atoms with Crippen molar-refractivity contribution < 1.29 is 18.8 Å². The van der Waals surface area contributed by atoms with Gasteiger partial charge < -0.3 is 24.6 Å².